The summed E-state index contributed by atoms with van der Waals surface area (Å²) in [5.74, 6) is 0. The number of hydrogen-bond donors (Lipinski definition) is 0. The molecule has 0 saturated heterocycles. The van der Waals surface area contributed by atoms with Crippen LogP contribution >= 0.6 is 0 Å². The van der Waals surface area contributed by atoms with Crippen molar-refractivity contribution >= 4 is 91.3 Å². The zero-order valence-electron chi connectivity index (χ0n) is 6.36. The molecule has 11 heteroatoms. The van der Waals surface area contributed by atoms with Crippen LogP contribution in [0.4, 0.5) is 0 Å². The van der Waals surface area contributed by atoms with Crippen molar-refractivity contribution in [2.45, 2.75) is 0 Å². The SMILES string of the molecule is [Cd].[Cd].[Ga].[Ga].[In+3].[In+3].[O-2].[O-2].[O-2].[Zn].[Zn]. The smallest absolute Gasteiger partial charge is 2.00 e. The molecule has 0 aromatic rings. The Bertz CT molecular complexity index is 25.3. The Labute approximate surface area is 196 Å². The largest absolute Gasteiger partial charge is 3.00 e. The molecule has 6 radical (unpaired) electrons. The average molecular weight is 773 g/mol. The molecule has 0 fully saturated rings. The Kier molecular flexibility index (Phi) is 1100. The second kappa shape index (κ2) is 100. The van der Waals surface area contributed by atoms with Crippen molar-refractivity contribution < 1.29 is 110 Å². The zero-order valence-corrected chi connectivity index (χ0v) is 31.8. The molecule has 0 atom stereocenters. The van der Waals surface area contributed by atoms with Gasteiger partial charge in [-0.2, -0.15) is 0 Å². The van der Waals surface area contributed by atoms with Crippen LogP contribution in [0.15, 0.2) is 0 Å². The molecule has 0 aliphatic carbocycles. The molecule has 0 spiro atoms. The Morgan fingerprint density at radius 3 is 0.455 bits per heavy atom. The molecule has 0 aromatic heterocycles. The van der Waals surface area contributed by atoms with Gasteiger partial charge in [-0.05, 0) is 0 Å². The molecule has 0 bridgehead atoms. The van der Waals surface area contributed by atoms with Gasteiger partial charge in [0, 0.05) is 133 Å². The van der Waals surface area contributed by atoms with E-state index < -0.39 is 0 Å². The molecule has 11 heavy (non-hydrogen) atoms. The Morgan fingerprint density at radius 1 is 0.455 bits per heavy atom. The van der Waals surface area contributed by atoms with Gasteiger partial charge in [0.25, 0.3) is 0 Å². The third-order valence-corrected chi connectivity index (χ3v) is 0. The van der Waals surface area contributed by atoms with Crippen LogP contribution in [0.2, 0.25) is 0 Å². The van der Waals surface area contributed by atoms with Crippen LogP contribution in [0, 0.1) is 0 Å². The van der Waals surface area contributed by atoms with Crippen LogP contribution < -0.4 is 0 Å². The molecule has 0 amide bonds. The van der Waals surface area contributed by atoms with Gasteiger partial charge in [0.2, 0.25) is 0 Å². The molecule has 0 aliphatic rings. The van der Waals surface area contributed by atoms with E-state index in [0.29, 0.717) is 0 Å². The van der Waals surface area contributed by atoms with Gasteiger partial charge in [-0.25, -0.2) is 0 Å². The second-order valence-electron chi connectivity index (χ2n) is 0. The van der Waals surface area contributed by atoms with Gasteiger partial charge < -0.3 is 16.4 Å². The van der Waals surface area contributed by atoms with Gasteiger partial charge in [0.1, 0.15) is 0 Å². The minimum absolute atomic E-state index is 0. The third kappa shape index (κ3) is 87.3. The first-order valence-corrected chi connectivity index (χ1v) is 0. The van der Waals surface area contributed by atoms with Crippen molar-refractivity contribution in [3.8, 4) is 0 Å². The van der Waals surface area contributed by atoms with Crippen LogP contribution in [0.25, 0.3) is 0 Å². The van der Waals surface area contributed by atoms with Gasteiger partial charge in [0.15, 0.2) is 0 Å². The van der Waals surface area contributed by atoms with Gasteiger partial charge in [-0.3, -0.25) is 0 Å². The van der Waals surface area contributed by atoms with E-state index in [2.05, 4.69) is 0 Å². The normalized spacial score (nSPS) is 0. The molecule has 0 N–H and O–H groups in total. The van der Waals surface area contributed by atoms with Crippen LogP contribution in [0.5, 0.6) is 0 Å². The van der Waals surface area contributed by atoms with Crippen molar-refractivity contribution in [3.05, 3.63) is 0 Å². The van der Waals surface area contributed by atoms with Crippen LogP contribution in [0.3, 0.4) is 0 Å². The summed E-state index contributed by atoms with van der Waals surface area (Å²) in [6, 6.07) is 0. The summed E-state index contributed by atoms with van der Waals surface area (Å²) < 4.78 is 0. The van der Waals surface area contributed by atoms with Crippen molar-refractivity contribution in [1.29, 1.82) is 0 Å². The maximum Gasteiger partial charge on any atom is 3.00 e. The van der Waals surface area contributed by atoms with E-state index in [1.54, 1.807) is 0 Å². The summed E-state index contributed by atoms with van der Waals surface area (Å²) in [5, 5.41) is 0. The molecule has 0 aliphatic heterocycles. The molecular weight excluding hydrogens is 773 g/mol. The molecule has 0 saturated carbocycles. The second-order valence-corrected chi connectivity index (χ2v) is 0. The van der Waals surface area contributed by atoms with E-state index in [1.165, 1.54) is 0 Å². The predicted molar refractivity (Wildman–Crippen MR) is 25.1 cm³/mol. The van der Waals surface area contributed by atoms with Crippen LogP contribution in [0.1, 0.15) is 0 Å². The average Bonchev–Trinajstić information content (AvgIpc) is 0. The van der Waals surface area contributed by atoms with Crippen LogP contribution in [-0.2, 0) is 110 Å². The fraction of sp³-hybridized carbons (Fsp3) is 0. The molecule has 0 unspecified atom stereocenters. The fourth-order valence-corrected chi connectivity index (χ4v) is 0. The summed E-state index contributed by atoms with van der Waals surface area (Å²) in [4.78, 5) is 0. The molecule has 38 valence electrons. The minimum Gasteiger partial charge on any atom is -2.00 e. The molecular formula is Cd2Ga2In2O3Zn2. The molecule has 0 aromatic carbocycles. The first-order chi connectivity index (χ1) is 0. The molecule has 3 nitrogen and oxygen atoms in total. The Morgan fingerprint density at radius 2 is 0.455 bits per heavy atom. The quantitative estimate of drug-likeness (QED) is 0.259. The monoisotopic (exact) mass is 771 g/mol. The maximum atomic E-state index is 0. The fourth-order valence-electron chi connectivity index (χ4n) is 0. The van der Waals surface area contributed by atoms with Gasteiger partial charge >= 0.3 is 51.7 Å². The summed E-state index contributed by atoms with van der Waals surface area (Å²) in [7, 11) is 0. The predicted octanol–water partition coefficient (Wildman–Crippen LogP) is -1.89. The Balaban J connectivity index is 0. The van der Waals surface area contributed by atoms with Crippen molar-refractivity contribution in [2.24, 2.45) is 0 Å². The van der Waals surface area contributed by atoms with E-state index in [-0.39, 0.29) is 201 Å². The third-order valence-electron chi connectivity index (χ3n) is 0. The first-order valence-electron chi connectivity index (χ1n) is 0. The Hall–Kier alpha value is 5.98. The first kappa shape index (κ1) is 121. The topological polar surface area (TPSA) is 85.5 Å². The summed E-state index contributed by atoms with van der Waals surface area (Å²) in [5.41, 5.74) is 0. The van der Waals surface area contributed by atoms with Crippen molar-refractivity contribution in [2.75, 3.05) is 0 Å². The van der Waals surface area contributed by atoms with Crippen molar-refractivity contribution in [1.82, 2.24) is 0 Å². The van der Waals surface area contributed by atoms with Gasteiger partial charge in [0.05, 0.1) is 0 Å². The van der Waals surface area contributed by atoms with Gasteiger partial charge in [-0.1, -0.05) is 0 Å². The van der Waals surface area contributed by atoms with Crippen molar-refractivity contribution in [3.63, 3.8) is 0 Å². The summed E-state index contributed by atoms with van der Waals surface area (Å²) in [6.45, 7) is 0. The summed E-state index contributed by atoms with van der Waals surface area (Å²) in [6.07, 6.45) is 0. The molecule has 0 rings (SSSR count). The summed E-state index contributed by atoms with van der Waals surface area (Å²) >= 11 is 0. The van der Waals surface area contributed by atoms with E-state index in [1.807, 2.05) is 0 Å². The zero-order chi connectivity index (χ0) is 0. The number of rotatable bonds is 0. The van der Waals surface area contributed by atoms with E-state index >= 15 is 0 Å². The van der Waals surface area contributed by atoms with Crippen LogP contribution in [-0.4, -0.2) is 91.3 Å². The molecule has 0 heterocycles. The van der Waals surface area contributed by atoms with Gasteiger partial charge in [-0.15, -0.1) is 0 Å². The minimum atomic E-state index is 0. The van der Waals surface area contributed by atoms with E-state index in [0.717, 1.165) is 0 Å². The standard InChI is InChI=1S/2Cd.2Ga.2In.3O.2Zn/q;;;;2*+3;3*-2;;. The van der Waals surface area contributed by atoms with E-state index in [4.69, 9.17) is 0 Å². The maximum absolute atomic E-state index is 0. The number of hydrogen-bond acceptors (Lipinski definition) is 0. The van der Waals surface area contributed by atoms with E-state index in [9.17, 15) is 0 Å².